The summed E-state index contributed by atoms with van der Waals surface area (Å²) < 4.78 is 31.7. The number of carboxylic acids is 1. The van der Waals surface area contributed by atoms with Crippen molar-refractivity contribution in [2.45, 2.75) is 30.5 Å². The molecule has 1 aromatic heterocycles. The Bertz CT molecular complexity index is 1610. The zero-order chi connectivity index (χ0) is 28.7. The van der Waals surface area contributed by atoms with Crippen LogP contribution in [0.5, 0.6) is 0 Å². The molecule has 1 saturated carbocycles. The highest BCUT2D eigenvalue weighted by Gasteiger charge is 2.65. The highest BCUT2D eigenvalue weighted by atomic mass is 19.4. The lowest BCUT2D eigenvalue weighted by molar-refractivity contribution is -0.192. The minimum absolute atomic E-state index is 0.124. The standard InChI is InChI=1S/C28H26N4O.C2HF3O2/c1-32(2)17-19-9-7-18(8-10-19)11-14-24-21-13-12-20(15-26(21)31-30-24)23-16-28(23)22-5-3-4-6-25(22)29-27(28)33;3-2(4,5)1(6)7/h3-15,23H,16-17H2,1-2H3,(H,29,33)(H,30,31);(H,6,7)/t23-,28-;/m0./s1. The second-order valence-corrected chi connectivity index (χ2v) is 10.3. The lowest BCUT2D eigenvalue weighted by Gasteiger charge is -2.09. The summed E-state index contributed by atoms with van der Waals surface area (Å²) in [7, 11) is 4.15. The predicted molar refractivity (Wildman–Crippen MR) is 147 cm³/mol. The molecule has 206 valence electrons. The Kier molecular flexibility index (Phi) is 6.97. The van der Waals surface area contributed by atoms with Crippen LogP contribution in [0, 0.1) is 0 Å². The molecule has 0 radical (unpaired) electrons. The molecule has 2 aliphatic rings. The van der Waals surface area contributed by atoms with Crippen LogP contribution < -0.4 is 5.32 Å². The van der Waals surface area contributed by atoms with E-state index < -0.39 is 17.6 Å². The first-order valence-corrected chi connectivity index (χ1v) is 12.6. The first kappa shape index (κ1) is 27.1. The minimum Gasteiger partial charge on any atom is -0.475 e. The Labute approximate surface area is 228 Å². The lowest BCUT2D eigenvalue weighted by Crippen LogP contribution is -2.21. The number of anilines is 1. The molecule has 7 nitrogen and oxygen atoms in total. The van der Waals surface area contributed by atoms with Crippen LogP contribution in [0.15, 0.2) is 66.7 Å². The molecule has 1 aliphatic heterocycles. The summed E-state index contributed by atoms with van der Waals surface area (Å²) >= 11 is 0. The zero-order valence-electron chi connectivity index (χ0n) is 21.8. The number of carbonyl (C=O) groups is 2. The molecule has 1 spiro atoms. The fraction of sp³-hybridized carbons (Fsp3) is 0.233. The third-order valence-electron chi connectivity index (χ3n) is 7.20. The summed E-state index contributed by atoms with van der Waals surface area (Å²) in [6, 6.07) is 23.1. The molecule has 3 aromatic carbocycles. The third kappa shape index (κ3) is 5.22. The van der Waals surface area contributed by atoms with Crippen molar-refractivity contribution >= 4 is 40.6 Å². The van der Waals surface area contributed by atoms with Gasteiger partial charge >= 0.3 is 12.1 Å². The van der Waals surface area contributed by atoms with Gasteiger partial charge in [-0.15, -0.1) is 0 Å². The Morgan fingerprint density at radius 2 is 1.80 bits per heavy atom. The molecule has 1 fully saturated rings. The topological polar surface area (TPSA) is 98.3 Å². The van der Waals surface area contributed by atoms with Gasteiger partial charge in [0.2, 0.25) is 5.91 Å². The number of hydrogen-bond acceptors (Lipinski definition) is 4. The van der Waals surface area contributed by atoms with Gasteiger partial charge in [-0.05, 0) is 61.0 Å². The Hall–Kier alpha value is -4.44. The molecule has 3 N–H and O–H groups in total. The van der Waals surface area contributed by atoms with E-state index >= 15 is 0 Å². The maximum Gasteiger partial charge on any atom is 0.490 e. The minimum atomic E-state index is -5.08. The number of carboxylic acid groups (broad SMARTS) is 1. The molecular formula is C30H27F3N4O3. The molecule has 1 amide bonds. The van der Waals surface area contributed by atoms with E-state index in [1.54, 1.807) is 0 Å². The highest BCUT2D eigenvalue weighted by Crippen LogP contribution is 2.64. The number of rotatable bonds is 5. The number of halogens is 3. The number of hydrogen-bond donors (Lipinski definition) is 3. The van der Waals surface area contributed by atoms with Gasteiger partial charge in [0, 0.05) is 23.5 Å². The van der Waals surface area contributed by atoms with Crippen molar-refractivity contribution in [2.24, 2.45) is 0 Å². The second kappa shape index (κ2) is 10.3. The van der Waals surface area contributed by atoms with Crippen LogP contribution >= 0.6 is 0 Å². The number of aliphatic carboxylic acids is 1. The van der Waals surface area contributed by atoms with Gasteiger partial charge in [0.1, 0.15) is 0 Å². The first-order valence-electron chi connectivity index (χ1n) is 12.6. The van der Waals surface area contributed by atoms with Crippen LogP contribution in [0.1, 0.15) is 40.3 Å². The van der Waals surface area contributed by atoms with Gasteiger partial charge in [-0.1, -0.05) is 60.7 Å². The average molecular weight is 549 g/mol. The lowest BCUT2D eigenvalue weighted by atomic mass is 9.92. The maximum atomic E-state index is 12.8. The normalized spacial score (nSPS) is 19.6. The number of benzene rings is 3. The van der Waals surface area contributed by atoms with Gasteiger partial charge in [0.15, 0.2) is 0 Å². The summed E-state index contributed by atoms with van der Waals surface area (Å²) in [5.74, 6) is -2.43. The number of H-pyrrole nitrogens is 1. The smallest absolute Gasteiger partial charge is 0.475 e. The van der Waals surface area contributed by atoms with Crippen LogP contribution in [0.2, 0.25) is 0 Å². The highest BCUT2D eigenvalue weighted by molar-refractivity contribution is 6.09. The number of amides is 1. The molecule has 10 heteroatoms. The van der Waals surface area contributed by atoms with Crippen LogP contribution in [0.25, 0.3) is 23.1 Å². The van der Waals surface area contributed by atoms with Crippen molar-refractivity contribution in [2.75, 3.05) is 19.4 Å². The van der Waals surface area contributed by atoms with Crippen LogP contribution in [-0.4, -0.2) is 52.4 Å². The number of fused-ring (bicyclic) bond motifs is 3. The Morgan fingerprint density at radius 3 is 2.48 bits per heavy atom. The van der Waals surface area contributed by atoms with E-state index in [9.17, 15) is 18.0 Å². The summed E-state index contributed by atoms with van der Waals surface area (Å²) in [4.78, 5) is 23.9. The van der Waals surface area contributed by atoms with Gasteiger partial charge in [0.25, 0.3) is 0 Å². The van der Waals surface area contributed by atoms with Gasteiger partial charge in [-0.25, -0.2) is 4.79 Å². The number of alkyl halides is 3. The van der Waals surface area contributed by atoms with Crippen molar-refractivity contribution < 1.29 is 27.9 Å². The second-order valence-electron chi connectivity index (χ2n) is 10.3. The van der Waals surface area contributed by atoms with Gasteiger partial charge < -0.3 is 15.3 Å². The van der Waals surface area contributed by atoms with E-state index in [-0.39, 0.29) is 11.8 Å². The van der Waals surface area contributed by atoms with E-state index in [0.717, 1.165) is 46.4 Å². The quantitative estimate of drug-likeness (QED) is 0.293. The van der Waals surface area contributed by atoms with Crippen LogP contribution in [0.4, 0.5) is 18.9 Å². The number of aromatic amines is 1. The first-order chi connectivity index (χ1) is 19.0. The van der Waals surface area contributed by atoms with E-state index in [1.807, 2.05) is 18.2 Å². The molecule has 4 aromatic rings. The number of aromatic nitrogens is 2. The number of nitrogens with zero attached hydrogens (tertiary/aromatic N) is 2. The van der Waals surface area contributed by atoms with Crippen molar-refractivity contribution in [3.05, 3.63) is 94.7 Å². The Balaban J connectivity index is 0.000000411. The van der Waals surface area contributed by atoms with Crippen LogP contribution in [0.3, 0.4) is 0 Å². The fourth-order valence-corrected chi connectivity index (χ4v) is 5.23. The van der Waals surface area contributed by atoms with E-state index in [1.165, 1.54) is 11.1 Å². The third-order valence-corrected chi connectivity index (χ3v) is 7.20. The van der Waals surface area contributed by atoms with Gasteiger partial charge in [-0.3, -0.25) is 9.89 Å². The number of carbonyl (C=O) groups excluding carboxylic acids is 1. The molecule has 2 heterocycles. The number of nitrogens with one attached hydrogen (secondary N) is 2. The van der Waals surface area contributed by atoms with Gasteiger partial charge in [0.05, 0.1) is 16.6 Å². The van der Waals surface area contributed by atoms with Crippen molar-refractivity contribution in [3.63, 3.8) is 0 Å². The molecule has 1 aliphatic carbocycles. The fourth-order valence-electron chi connectivity index (χ4n) is 5.23. The van der Waals surface area contributed by atoms with Crippen molar-refractivity contribution in [3.8, 4) is 0 Å². The average Bonchev–Trinajstić information content (AvgIpc) is 3.44. The molecule has 40 heavy (non-hydrogen) atoms. The summed E-state index contributed by atoms with van der Waals surface area (Å²) in [5, 5.41) is 19.0. The zero-order valence-corrected chi connectivity index (χ0v) is 21.8. The van der Waals surface area contributed by atoms with Crippen LogP contribution in [-0.2, 0) is 21.5 Å². The molecule has 2 atom stereocenters. The summed E-state index contributed by atoms with van der Waals surface area (Å²) in [5.41, 5.74) is 7.23. The maximum absolute atomic E-state index is 12.8. The number of para-hydroxylation sites is 1. The van der Waals surface area contributed by atoms with Crippen molar-refractivity contribution in [1.82, 2.24) is 15.1 Å². The van der Waals surface area contributed by atoms with Crippen molar-refractivity contribution in [1.29, 1.82) is 0 Å². The molecule has 6 rings (SSSR count). The Morgan fingerprint density at radius 1 is 1.10 bits per heavy atom. The summed E-state index contributed by atoms with van der Waals surface area (Å²) in [6.07, 6.45) is -0.0799. The predicted octanol–water partition coefficient (Wildman–Crippen LogP) is 5.81. The molecular weight excluding hydrogens is 521 g/mol. The SMILES string of the molecule is CN(C)Cc1ccc(C=Cc2n[nH]c3cc([C@@H]4C[C@@]45C(=O)Nc4ccccc45)ccc23)cc1.O=C(O)C(F)(F)F. The monoisotopic (exact) mass is 548 g/mol. The molecule has 0 saturated heterocycles. The summed E-state index contributed by atoms with van der Waals surface area (Å²) in [6.45, 7) is 0.936. The molecule has 0 unspecified atom stereocenters. The largest absolute Gasteiger partial charge is 0.490 e. The van der Waals surface area contributed by atoms with Gasteiger partial charge in [-0.2, -0.15) is 18.3 Å². The van der Waals surface area contributed by atoms with E-state index in [2.05, 4.69) is 95.2 Å². The van der Waals surface area contributed by atoms with E-state index in [4.69, 9.17) is 9.90 Å². The van der Waals surface area contributed by atoms with E-state index in [0.29, 0.717) is 0 Å². The molecule has 0 bridgehead atoms.